The van der Waals surface area contributed by atoms with Gasteiger partial charge in [0, 0.05) is 7.47 Å². The van der Waals surface area contributed by atoms with E-state index in [1.165, 1.54) is 51.9 Å². The molecule has 1 rings (SSSR count). The molecule has 1 fully saturated rings. The van der Waals surface area contributed by atoms with Crippen molar-refractivity contribution in [1.82, 2.24) is 10.2 Å². The van der Waals surface area contributed by atoms with Crippen LogP contribution in [0.4, 0.5) is 0 Å². The summed E-state index contributed by atoms with van der Waals surface area (Å²) in [5.74, 6) is 0.923. The fourth-order valence-electron chi connectivity index (χ4n) is 2.24. The fourth-order valence-corrected chi connectivity index (χ4v) is 2.24. The van der Waals surface area contributed by atoms with Gasteiger partial charge in [-0.05, 0) is 64.7 Å². The third kappa shape index (κ3) is 4.98. The van der Waals surface area contributed by atoms with E-state index < -0.39 is 0 Å². The van der Waals surface area contributed by atoms with E-state index in [4.69, 9.17) is 0 Å². The topological polar surface area (TPSA) is 15.3 Å². The molecule has 0 aromatic carbocycles. The third-order valence-corrected chi connectivity index (χ3v) is 3.61. The molecule has 1 N–H and O–H groups in total. The fraction of sp³-hybridized carbons (Fsp3) is 1.00. The lowest BCUT2D eigenvalue weighted by Crippen LogP contribution is -2.39. The van der Waals surface area contributed by atoms with Gasteiger partial charge in [-0.25, -0.2) is 0 Å². The van der Waals surface area contributed by atoms with Crippen LogP contribution in [0.3, 0.4) is 0 Å². The predicted octanol–water partition coefficient (Wildman–Crippen LogP) is 2.74. The molecule has 0 saturated carbocycles. The zero-order valence-corrected chi connectivity index (χ0v) is 10.8. The molecular weight excluding hydrogens is 184 g/mol. The Labute approximate surface area is 96.9 Å². The normalized spacial score (nSPS) is 21.8. The summed E-state index contributed by atoms with van der Waals surface area (Å²) < 4.78 is 0. The maximum atomic E-state index is 3.63. The molecule has 0 aromatic heterocycles. The van der Waals surface area contributed by atoms with Gasteiger partial charge < -0.3 is 10.2 Å². The minimum Gasteiger partial charge on any atom is -0.314 e. The Morgan fingerprint density at radius 3 is 2.53 bits per heavy atom. The summed E-state index contributed by atoms with van der Waals surface area (Å²) >= 11 is 0. The number of piperidine rings is 1. The van der Waals surface area contributed by atoms with Crippen molar-refractivity contribution in [1.29, 1.82) is 0 Å². The summed E-state index contributed by atoms with van der Waals surface area (Å²) in [5, 5.41) is 3.63. The molecule has 1 aliphatic rings. The van der Waals surface area contributed by atoms with Crippen LogP contribution in [0.15, 0.2) is 0 Å². The van der Waals surface area contributed by atoms with Gasteiger partial charge in [0.1, 0.15) is 0 Å². The van der Waals surface area contributed by atoms with Gasteiger partial charge in [0.05, 0.1) is 0 Å². The summed E-state index contributed by atoms with van der Waals surface area (Å²) in [6, 6.07) is 0.693. The van der Waals surface area contributed by atoms with Crippen molar-refractivity contribution in [2.75, 3.05) is 26.2 Å². The summed E-state index contributed by atoms with van der Waals surface area (Å²) in [6.45, 7) is 12.0. The zero-order valence-electron chi connectivity index (χ0n) is 10.8. The van der Waals surface area contributed by atoms with E-state index in [9.17, 15) is 0 Å². The second-order valence-corrected chi connectivity index (χ2v) is 5.00. The molecule has 1 unspecified atom stereocenters. The highest BCUT2D eigenvalue weighted by Crippen LogP contribution is 2.16. The summed E-state index contributed by atoms with van der Waals surface area (Å²) in [6.07, 6.45) is 5.33. The number of nitrogens with one attached hydrogen (secondary N) is 1. The van der Waals surface area contributed by atoms with Crippen LogP contribution in [-0.2, 0) is 0 Å². The number of nitrogens with zero attached hydrogens (tertiary/aromatic N) is 1. The minimum absolute atomic E-state index is 0. The lowest BCUT2D eigenvalue weighted by molar-refractivity contribution is 0.180. The van der Waals surface area contributed by atoms with Crippen molar-refractivity contribution < 1.29 is 1.43 Å². The van der Waals surface area contributed by atoms with Crippen molar-refractivity contribution in [3.05, 3.63) is 0 Å². The van der Waals surface area contributed by atoms with E-state index in [0.717, 1.165) is 5.92 Å². The van der Waals surface area contributed by atoms with Gasteiger partial charge in [0.25, 0.3) is 0 Å². The number of hydrogen-bond acceptors (Lipinski definition) is 2. The Kier molecular flexibility index (Phi) is 6.26. The summed E-state index contributed by atoms with van der Waals surface area (Å²) in [4.78, 5) is 2.61. The molecular formula is C13H30N2. The van der Waals surface area contributed by atoms with Crippen molar-refractivity contribution in [3.63, 3.8) is 0 Å². The first kappa shape index (κ1) is 13.0. The largest absolute Gasteiger partial charge is 0.314 e. The van der Waals surface area contributed by atoms with Crippen LogP contribution < -0.4 is 5.32 Å². The average molecular weight is 214 g/mol. The van der Waals surface area contributed by atoms with E-state index in [2.05, 4.69) is 31.0 Å². The van der Waals surface area contributed by atoms with Gasteiger partial charge in [-0.2, -0.15) is 0 Å². The first-order chi connectivity index (χ1) is 7.26. The Morgan fingerprint density at radius 2 is 2.00 bits per heavy atom. The SMILES string of the molecule is CCCN1CCC(CNC(C)CC)CC1.[HH]. The second-order valence-electron chi connectivity index (χ2n) is 5.00. The van der Waals surface area contributed by atoms with Crippen LogP contribution in [0.2, 0.25) is 0 Å². The van der Waals surface area contributed by atoms with Crippen LogP contribution >= 0.6 is 0 Å². The van der Waals surface area contributed by atoms with E-state index in [1.807, 2.05) is 0 Å². The smallest absolute Gasteiger partial charge is 0.00362 e. The van der Waals surface area contributed by atoms with E-state index in [0.29, 0.717) is 6.04 Å². The highest BCUT2D eigenvalue weighted by atomic mass is 15.1. The van der Waals surface area contributed by atoms with E-state index in [1.54, 1.807) is 0 Å². The van der Waals surface area contributed by atoms with Crippen LogP contribution in [0.25, 0.3) is 0 Å². The molecule has 0 amide bonds. The Bertz CT molecular complexity index is 156. The van der Waals surface area contributed by atoms with Gasteiger partial charge in [-0.15, -0.1) is 0 Å². The molecule has 0 bridgehead atoms. The van der Waals surface area contributed by atoms with Gasteiger partial charge in [-0.3, -0.25) is 0 Å². The Hall–Kier alpha value is -0.0800. The molecule has 0 aliphatic carbocycles. The molecule has 0 spiro atoms. The highest BCUT2D eigenvalue weighted by molar-refractivity contribution is 4.74. The third-order valence-electron chi connectivity index (χ3n) is 3.61. The molecule has 0 aromatic rings. The van der Waals surface area contributed by atoms with Crippen LogP contribution in [0, 0.1) is 5.92 Å². The average Bonchev–Trinajstić information content (AvgIpc) is 2.28. The van der Waals surface area contributed by atoms with Crippen LogP contribution in [-0.4, -0.2) is 37.1 Å². The molecule has 1 aliphatic heterocycles. The molecule has 92 valence electrons. The lowest BCUT2D eigenvalue weighted by atomic mass is 9.96. The van der Waals surface area contributed by atoms with Crippen molar-refractivity contribution in [2.45, 2.75) is 52.5 Å². The molecule has 1 saturated heterocycles. The Morgan fingerprint density at radius 1 is 1.33 bits per heavy atom. The first-order valence-corrected chi connectivity index (χ1v) is 6.72. The standard InChI is InChI=1S/C13H28N2.H2/c1-4-8-15-9-6-13(7-10-15)11-14-12(3)5-2;/h12-14H,4-11H2,1-3H3;1H. The Balaban J connectivity index is 0.00000225. The quantitative estimate of drug-likeness (QED) is 0.731. The molecule has 1 atom stereocenters. The monoisotopic (exact) mass is 214 g/mol. The number of hydrogen-bond donors (Lipinski definition) is 1. The number of likely N-dealkylation sites (tertiary alicyclic amines) is 1. The highest BCUT2D eigenvalue weighted by Gasteiger charge is 2.18. The molecule has 1 heterocycles. The van der Waals surface area contributed by atoms with Crippen LogP contribution in [0.1, 0.15) is 47.9 Å². The number of rotatable bonds is 6. The van der Waals surface area contributed by atoms with Gasteiger partial charge >= 0.3 is 0 Å². The minimum atomic E-state index is 0. The van der Waals surface area contributed by atoms with Gasteiger partial charge in [0.15, 0.2) is 0 Å². The molecule has 2 heteroatoms. The second kappa shape index (κ2) is 7.24. The molecule has 15 heavy (non-hydrogen) atoms. The van der Waals surface area contributed by atoms with E-state index >= 15 is 0 Å². The molecule has 0 radical (unpaired) electrons. The van der Waals surface area contributed by atoms with Crippen molar-refractivity contribution >= 4 is 0 Å². The van der Waals surface area contributed by atoms with Gasteiger partial charge in [-0.1, -0.05) is 13.8 Å². The van der Waals surface area contributed by atoms with E-state index in [-0.39, 0.29) is 1.43 Å². The summed E-state index contributed by atoms with van der Waals surface area (Å²) in [7, 11) is 0. The van der Waals surface area contributed by atoms with Crippen molar-refractivity contribution in [2.24, 2.45) is 5.92 Å². The molecule has 2 nitrogen and oxygen atoms in total. The maximum absolute atomic E-state index is 3.63. The maximum Gasteiger partial charge on any atom is 0.00362 e. The lowest BCUT2D eigenvalue weighted by Gasteiger charge is -2.32. The first-order valence-electron chi connectivity index (χ1n) is 6.72. The zero-order chi connectivity index (χ0) is 11.1. The summed E-state index contributed by atoms with van der Waals surface area (Å²) in [5.41, 5.74) is 0. The predicted molar refractivity (Wildman–Crippen MR) is 69.3 cm³/mol. The van der Waals surface area contributed by atoms with Crippen molar-refractivity contribution in [3.8, 4) is 0 Å². The van der Waals surface area contributed by atoms with Crippen LogP contribution in [0.5, 0.6) is 0 Å². The van der Waals surface area contributed by atoms with Gasteiger partial charge in [0.2, 0.25) is 0 Å².